The molecule has 98 valence electrons. The van der Waals surface area contributed by atoms with Crippen molar-refractivity contribution in [1.82, 2.24) is 4.90 Å². The summed E-state index contributed by atoms with van der Waals surface area (Å²) in [5, 5.41) is 8.61. The van der Waals surface area contributed by atoms with Crippen molar-refractivity contribution in [2.75, 3.05) is 6.54 Å². The number of amidine groups is 1. The van der Waals surface area contributed by atoms with Crippen molar-refractivity contribution >= 4 is 34.6 Å². The summed E-state index contributed by atoms with van der Waals surface area (Å²) >= 11 is 5.89. The summed E-state index contributed by atoms with van der Waals surface area (Å²) in [6.45, 7) is 0.952. The second-order valence-corrected chi connectivity index (χ2v) is 5.09. The lowest BCUT2D eigenvalue weighted by Crippen LogP contribution is -2.38. The number of ether oxygens (including phenoxy) is 1. The van der Waals surface area contributed by atoms with Gasteiger partial charge < -0.3 is 9.64 Å². The number of fused-ring (bicyclic) bond motifs is 1. The van der Waals surface area contributed by atoms with Gasteiger partial charge >= 0.3 is 0 Å². The molecule has 0 bridgehead atoms. The zero-order valence-corrected chi connectivity index (χ0v) is 12.4. The van der Waals surface area contributed by atoms with Crippen LogP contribution in [0.1, 0.15) is 30.9 Å². The van der Waals surface area contributed by atoms with Crippen LogP contribution in [0.2, 0.25) is 5.02 Å². The van der Waals surface area contributed by atoms with Crippen LogP contribution in [-0.4, -0.2) is 23.5 Å². The van der Waals surface area contributed by atoms with Crippen molar-refractivity contribution < 1.29 is 4.74 Å². The minimum atomic E-state index is 0. The largest absolute Gasteiger partial charge is 0.455 e. The summed E-state index contributed by atoms with van der Waals surface area (Å²) in [7, 11) is 0. The molecule has 2 aliphatic heterocycles. The molecule has 0 aliphatic carbocycles. The topological polar surface area (TPSA) is 36.3 Å². The maximum absolute atomic E-state index is 7.87. The van der Waals surface area contributed by atoms with E-state index in [9.17, 15) is 0 Å². The number of benzene rings is 1. The fourth-order valence-electron chi connectivity index (χ4n) is 2.73. The second kappa shape index (κ2) is 5.49. The van der Waals surface area contributed by atoms with Crippen LogP contribution in [0.4, 0.5) is 0 Å². The summed E-state index contributed by atoms with van der Waals surface area (Å²) < 4.78 is 5.70. The van der Waals surface area contributed by atoms with E-state index in [1.54, 1.807) is 0 Å². The molecule has 0 spiro atoms. The highest BCUT2D eigenvalue weighted by Crippen LogP contribution is 2.37. The van der Waals surface area contributed by atoms with Crippen LogP contribution in [0.5, 0.6) is 0 Å². The maximum atomic E-state index is 7.87. The standard InChI is InChI=1S/C13H15ClN2O.BrH/c14-10-6-4-9(5-7-10)12-11-3-1-2-8-16(11)13(15)17-12;/h4-7,11-12,15H,1-3,8H2;1H/t11-,12-;/m1./s1. The van der Waals surface area contributed by atoms with Gasteiger partial charge in [-0.05, 0) is 37.0 Å². The molecule has 5 heteroatoms. The quantitative estimate of drug-likeness (QED) is 0.850. The SMILES string of the molecule is Br.N=C1O[C@H](c2ccc(Cl)cc2)[C@H]2CCCCN12. The fourth-order valence-corrected chi connectivity index (χ4v) is 2.86. The lowest BCUT2D eigenvalue weighted by molar-refractivity contribution is 0.167. The first kappa shape index (κ1) is 13.7. The van der Waals surface area contributed by atoms with Gasteiger partial charge in [-0.3, -0.25) is 5.41 Å². The van der Waals surface area contributed by atoms with Crippen LogP contribution in [0, 0.1) is 5.41 Å². The molecule has 0 aromatic heterocycles. The Bertz CT molecular complexity index is 437. The lowest BCUT2D eigenvalue weighted by Gasteiger charge is -2.29. The zero-order valence-electron chi connectivity index (χ0n) is 9.93. The zero-order chi connectivity index (χ0) is 11.8. The molecule has 2 fully saturated rings. The van der Waals surface area contributed by atoms with E-state index in [1.807, 2.05) is 24.3 Å². The molecule has 0 saturated carbocycles. The average molecular weight is 332 g/mol. The third-order valence-corrected chi connectivity index (χ3v) is 3.85. The Kier molecular flexibility index (Phi) is 4.17. The molecule has 2 atom stereocenters. The van der Waals surface area contributed by atoms with E-state index in [4.69, 9.17) is 21.7 Å². The fraction of sp³-hybridized carbons (Fsp3) is 0.462. The second-order valence-electron chi connectivity index (χ2n) is 4.65. The summed E-state index contributed by atoms with van der Waals surface area (Å²) in [6.07, 6.45) is 3.49. The summed E-state index contributed by atoms with van der Waals surface area (Å²) in [5.74, 6) is 0. The van der Waals surface area contributed by atoms with Crippen LogP contribution >= 0.6 is 28.6 Å². The molecule has 0 unspecified atom stereocenters. The van der Waals surface area contributed by atoms with E-state index in [0.29, 0.717) is 12.1 Å². The summed E-state index contributed by atoms with van der Waals surface area (Å²) in [5.41, 5.74) is 1.12. The minimum absolute atomic E-state index is 0. The molecule has 1 N–H and O–H groups in total. The number of piperidine rings is 1. The molecular formula is C13H16BrClN2O. The van der Waals surface area contributed by atoms with Crippen LogP contribution in [0.25, 0.3) is 0 Å². The van der Waals surface area contributed by atoms with Gasteiger partial charge in [0.2, 0.25) is 0 Å². The number of rotatable bonds is 1. The molecule has 2 heterocycles. The van der Waals surface area contributed by atoms with E-state index in [2.05, 4.69) is 4.90 Å². The molecule has 18 heavy (non-hydrogen) atoms. The molecule has 3 rings (SSSR count). The number of hydrogen-bond donors (Lipinski definition) is 1. The van der Waals surface area contributed by atoms with Crippen LogP contribution in [0.15, 0.2) is 24.3 Å². The van der Waals surface area contributed by atoms with Crippen molar-refractivity contribution in [3.05, 3.63) is 34.9 Å². The van der Waals surface area contributed by atoms with Crippen LogP contribution in [0.3, 0.4) is 0 Å². The van der Waals surface area contributed by atoms with Gasteiger partial charge in [-0.1, -0.05) is 23.7 Å². The van der Waals surface area contributed by atoms with Gasteiger partial charge in [-0.15, -0.1) is 17.0 Å². The molecular weight excluding hydrogens is 316 g/mol. The molecule has 1 aromatic rings. The van der Waals surface area contributed by atoms with Crippen LogP contribution in [-0.2, 0) is 4.74 Å². The van der Waals surface area contributed by atoms with E-state index in [-0.39, 0.29) is 23.1 Å². The van der Waals surface area contributed by atoms with Crippen LogP contribution < -0.4 is 0 Å². The number of hydrogen-bond acceptors (Lipinski definition) is 2. The Hall–Kier alpha value is -0.740. The van der Waals surface area contributed by atoms with Gasteiger partial charge in [0.25, 0.3) is 6.02 Å². The molecule has 0 radical (unpaired) electrons. The number of nitrogens with zero attached hydrogens (tertiary/aromatic N) is 1. The molecule has 3 nitrogen and oxygen atoms in total. The summed E-state index contributed by atoms with van der Waals surface area (Å²) in [6, 6.07) is 8.42. The first-order chi connectivity index (χ1) is 8.25. The van der Waals surface area contributed by atoms with E-state index in [1.165, 1.54) is 6.42 Å². The number of nitrogens with one attached hydrogen (secondary N) is 1. The molecule has 1 aromatic carbocycles. The Morgan fingerprint density at radius 1 is 1.22 bits per heavy atom. The Morgan fingerprint density at radius 3 is 2.67 bits per heavy atom. The van der Waals surface area contributed by atoms with Gasteiger partial charge in [0.05, 0.1) is 6.04 Å². The predicted octanol–water partition coefficient (Wildman–Crippen LogP) is 3.78. The first-order valence-corrected chi connectivity index (χ1v) is 6.41. The van der Waals surface area contributed by atoms with Gasteiger partial charge in [-0.2, -0.15) is 0 Å². The van der Waals surface area contributed by atoms with Gasteiger partial charge in [0.15, 0.2) is 0 Å². The molecule has 2 aliphatic rings. The molecule has 2 saturated heterocycles. The highest BCUT2D eigenvalue weighted by atomic mass is 79.9. The maximum Gasteiger partial charge on any atom is 0.285 e. The summed E-state index contributed by atoms with van der Waals surface area (Å²) in [4.78, 5) is 2.09. The van der Waals surface area contributed by atoms with E-state index in [0.717, 1.165) is 30.0 Å². The van der Waals surface area contributed by atoms with Gasteiger partial charge in [0.1, 0.15) is 6.10 Å². The highest BCUT2D eigenvalue weighted by molar-refractivity contribution is 8.93. The smallest absolute Gasteiger partial charge is 0.285 e. The van der Waals surface area contributed by atoms with Crippen molar-refractivity contribution in [2.24, 2.45) is 0 Å². The Labute approximate surface area is 122 Å². The van der Waals surface area contributed by atoms with Crippen molar-refractivity contribution in [1.29, 1.82) is 5.41 Å². The van der Waals surface area contributed by atoms with Crippen molar-refractivity contribution in [3.8, 4) is 0 Å². The third-order valence-electron chi connectivity index (χ3n) is 3.60. The van der Waals surface area contributed by atoms with Gasteiger partial charge in [-0.25, -0.2) is 0 Å². The normalized spacial score (nSPS) is 26.3. The Balaban J connectivity index is 0.00000120. The predicted molar refractivity (Wildman–Crippen MR) is 77.7 cm³/mol. The van der Waals surface area contributed by atoms with Crippen molar-refractivity contribution in [3.63, 3.8) is 0 Å². The average Bonchev–Trinajstić information content (AvgIpc) is 2.69. The van der Waals surface area contributed by atoms with Gasteiger partial charge in [0, 0.05) is 11.6 Å². The number of halogens is 2. The molecule has 0 amide bonds. The lowest BCUT2D eigenvalue weighted by atomic mass is 9.94. The third kappa shape index (κ3) is 2.36. The minimum Gasteiger partial charge on any atom is -0.455 e. The first-order valence-electron chi connectivity index (χ1n) is 6.03. The van der Waals surface area contributed by atoms with Crippen molar-refractivity contribution in [2.45, 2.75) is 31.4 Å². The van der Waals surface area contributed by atoms with E-state index < -0.39 is 0 Å². The Morgan fingerprint density at radius 2 is 1.94 bits per heavy atom. The highest BCUT2D eigenvalue weighted by Gasteiger charge is 2.41. The van der Waals surface area contributed by atoms with E-state index >= 15 is 0 Å². The monoisotopic (exact) mass is 330 g/mol.